The summed E-state index contributed by atoms with van der Waals surface area (Å²) in [6.45, 7) is 0.868. The molecular weight excluding hydrogens is 176 g/mol. The minimum absolute atomic E-state index is 0.278. The SMILES string of the molecule is N#CCCCCNc1ccc(O)cc1. The highest BCUT2D eigenvalue weighted by atomic mass is 16.3. The molecule has 3 heteroatoms. The Labute approximate surface area is 84.0 Å². The van der Waals surface area contributed by atoms with E-state index in [4.69, 9.17) is 10.4 Å². The van der Waals surface area contributed by atoms with Gasteiger partial charge in [0.1, 0.15) is 5.75 Å². The lowest BCUT2D eigenvalue weighted by atomic mass is 10.2. The van der Waals surface area contributed by atoms with Crippen molar-refractivity contribution in [1.29, 1.82) is 5.26 Å². The lowest BCUT2D eigenvalue weighted by molar-refractivity contribution is 0.475. The zero-order valence-electron chi connectivity index (χ0n) is 8.03. The van der Waals surface area contributed by atoms with E-state index in [0.29, 0.717) is 6.42 Å². The molecule has 0 aromatic heterocycles. The Morgan fingerprint density at radius 3 is 2.57 bits per heavy atom. The number of aromatic hydroxyl groups is 1. The Hall–Kier alpha value is -1.69. The summed E-state index contributed by atoms with van der Waals surface area (Å²) in [5.41, 5.74) is 1.000. The lowest BCUT2D eigenvalue weighted by Gasteiger charge is -2.04. The smallest absolute Gasteiger partial charge is 0.115 e. The second-order valence-electron chi connectivity index (χ2n) is 3.09. The van der Waals surface area contributed by atoms with Gasteiger partial charge in [-0.15, -0.1) is 0 Å². The van der Waals surface area contributed by atoms with Crippen molar-refractivity contribution < 1.29 is 5.11 Å². The summed E-state index contributed by atoms with van der Waals surface area (Å²) in [7, 11) is 0. The highest BCUT2D eigenvalue weighted by Crippen LogP contribution is 2.13. The first kappa shape index (κ1) is 10.4. The first-order chi connectivity index (χ1) is 6.83. The molecule has 1 rings (SSSR count). The molecule has 0 bridgehead atoms. The maximum atomic E-state index is 9.03. The molecule has 0 saturated heterocycles. The van der Waals surface area contributed by atoms with Gasteiger partial charge in [0.05, 0.1) is 6.07 Å². The van der Waals surface area contributed by atoms with E-state index >= 15 is 0 Å². The van der Waals surface area contributed by atoms with Crippen molar-refractivity contribution in [1.82, 2.24) is 0 Å². The number of hydrogen-bond donors (Lipinski definition) is 2. The van der Waals surface area contributed by atoms with Crippen LogP contribution in [0.15, 0.2) is 24.3 Å². The highest BCUT2D eigenvalue weighted by molar-refractivity contribution is 5.45. The molecule has 14 heavy (non-hydrogen) atoms. The molecule has 0 aliphatic heterocycles. The van der Waals surface area contributed by atoms with Crippen molar-refractivity contribution in [3.05, 3.63) is 24.3 Å². The van der Waals surface area contributed by atoms with E-state index in [1.54, 1.807) is 12.1 Å². The van der Waals surface area contributed by atoms with Crippen LogP contribution in [0.5, 0.6) is 5.75 Å². The molecule has 0 amide bonds. The van der Waals surface area contributed by atoms with Gasteiger partial charge in [-0.05, 0) is 37.1 Å². The van der Waals surface area contributed by atoms with E-state index in [1.807, 2.05) is 12.1 Å². The highest BCUT2D eigenvalue weighted by Gasteiger charge is 1.91. The monoisotopic (exact) mass is 190 g/mol. The third-order valence-electron chi connectivity index (χ3n) is 1.91. The average Bonchev–Trinajstić information content (AvgIpc) is 2.21. The number of nitriles is 1. The van der Waals surface area contributed by atoms with Crippen molar-refractivity contribution in [3.8, 4) is 11.8 Å². The van der Waals surface area contributed by atoms with Gasteiger partial charge in [0.15, 0.2) is 0 Å². The van der Waals surface area contributed by atoms with Crippen molar-refractivity contribution in [3.63, 3.8) is 0 Å². The molecule has 0 fully saturated rings. The van der Waals surface area contributed by atoms with Crippen LogP contribution in [0.25, 0.3) is 0 Å². The number of hydrogen-bond acceptors (Lipinski definition) is 3. The number of nitrogens with one attached hydrogen (secondary N) is 1. The van der Waals surface area contributed by atoms with Gasteiger partial charge in [-0.3, -0.25) is 0 Å². The summed E-state index contributed by atoms with van der Waals surface area (Å²) < 4.78 is 0. The predicted octanol–water partition coefficient (Wildman–Crippen LogP) is 2.50. The van der Waals surface area contributed by atoms with Crippen molar-refractivity contribution in [2.24, 2.45) is 0 Å². The van der Waals surface area contributed by atoms with Gasteiger partial charge in [0, 0.05) is 18.7 Å². The van der Waals surface area contributed by atoms with E-state index in [0.717, 1.165) is 25.1 Å². The minimum atomic E-state index is 0.278. The number of rotatable bonds is 5. The van der Waals surface area contributed by atoms with E-state index in [-0.39, 0.29) is 5.75 Å². The quantitative estimate of drug-likeness (QED) is 0.554. The summed E-state index contributed by atoms with van der Waals surface area (Å²) in [6, 6.07) is 9.08. The van der Waals surface area contributed by atoms with Crippen molar-refractivity contribution in [2.75, 3.05) is 11.9 Å². The molecule has 0 radical (unpaired) electrons. The van der Waals surface area contributed by atoms with Crippen molar-refractivity contribution in [2.45, 2.75) is 19.3 Å². The summed E-state index contributed by atoms with van der Waals surface area (Å²) in [5, 5.41) is 20.6. The number of phenols is 1. The predicted molar refractivity (Wildman–Crippen MR) is 56.1 cm³/mol. The number of phenolic OH excluding ortho intramolecular Hbond substituents is 1. The van der Waals surface area contributed by atoms with E-state index in [1.165, 1.54) is 0 Å². The van der Waals surface area contributed by atoms with Crippen LogP contribution >= 0.6 is 0 Å². The van der Waals surface area contributed by atoms with Crippen LogP contribution in [0.2, 0.25) is 0 Å². The normalized spacial score (nSPS) is 9.36. The average molecular weight is 190 g/mol. The first-order valence-electron chi connectivity index (χ1n) is 4.73. The number of nitrogens with zero attached hydrogens (tertiary/aromatic N) is 1. The fourth-order valence-corrected chi connectivity index (χ4v) is 1.14. The van der Waals surface area contributed by atoms with Gasteiger partial charge in [-0.25, -0.2) is 0 Å². The molecule has 0 spiro atoms. The van der Waals surface area contributed by atoms with Crippen LogP contribution in [0.4, 0.5) is 5.69 Å². The number of anilines is 1. The summed E-state index contributed by atoms with van der Waals surface area (Å²) >= 11 is 0. The lowest BCUT2D eigenvalue weighted by Crippen LogP contribution is -2.00. The molecule has 0 atom stereocenters. The number of benzene rings is 1. The van der Waals surface area contributed by atoms with Crippen LogP contribution in [-0.2, 0) is 0 Å². The maximum Gasteiger partial charge on any atom is 0.115 e. The van der Waals surface area contributed by atoms with E-state index in [9.17, 15) is 0 Å². The number of unbranched alkanes of at least 4 members (excludes halogenated alkanes) is 2. The van der Waals surface area contributed by atoms with Crippen LogP contribution in [0, 0.1) is 11.3 Å². The van der Waals surface area contributed by atoms with E-state index < -0.39 is 0 Å². The second kappa shape index (κ2) is 5.87. The summed E-state index contributed by atoms with van der Waals surface area (Å²) in [6.07, 6.45) is 2.55. The molecule has 1 aromatic carbocycles. The van der Waals surface area contributed by atoms with E-state index in [2.05, 4.69) is 11.4 Å². The van der Waals surface area contributed by atoms with Crippen LogP contribution in [-0.4, -0.2) is 11.7 Å². The largest absolute Gasteiger partial charge is 0.508 e. The third-order valence-corrected chi connectivity index (χ3v) is 1.91. The van der Waals surface area contributed by atoms with Gasteiger partial charge >= 0.3 is 0 Å². The molecule has 2 N–H and O–H groups in total. The molecule has 0 saturated carbocycles. The standard InChI is InChI=1S/C11H14N2O/c12-8-2-1-3-9-13-10-4-6-11(14)7-5-10/h4-7,13-14H,1-3,9H2. The molecule has 0 unspecified atom stereocenters. The molecule has 0 heterocycles. The Morgan fingerprint density at radius 2 is 1.93 bits per heavy atom. The molecule has 0 aliphatic carbocycles. The van der Waals surface area contributed by atoms with Crippen LogP contribution in [0.3, 0.4) is 0 Å². The van der Waals surface area contributed by atoms with Gasteiger partial charge < -0.3 is 10.4 Å². The molecule has 3 nitrogen and oxygen atoms in total. The fourth-order valence-electron chi connectivity index (χ4n) is 1.14. The fraction of sp³-hybridized carbons (Fsp3) is 0.364. The molecule has 0 aliphatic rings. The Bertz CT molecular complexity index is 300. The van der Waals surface area contributed by atoms with Gasteiger partial charge in [0.2, 0.25) is 0 Å². The van der Waals surface area contributed by atoms with Crippen LogP contribution in [0.1, 0.15) is 19.3 Å². The first-order valence-corrected chi connectivity index (χ1v) is 4.73. The molecular formula is C11H14N2O. The summed E-state index contributed by atoms with van der Waals surface area (Å²) in [5.74, 6) is 0.278. The topological polar surface area (TPSA) is 56.0 Å². The minimum Gasteiger partial charge on any atom is -0.508 e. The second-order valence-corrected chi connectivity index (χ2v) is 3.09. The zero-order valence-corrected chi connectivity index (χ0v) is 8.03. The van der Waals surface area contributed by atoms with Gasteiger partial charge in [0.25, 0.3) is 0 Å². The Balaban J connectivity index is 2.19. The summed E-state index contributed by atoms with van der Waals surface area (Å²) in [4.78, 5) is 0. The maximum absolute atomic E-state index is 9.03. The van der Waals surface area contributed by atoms with Gasteiger partial charge in [-0.1, -0.05) is 0 Å². The van der Waals surface area contributed by atoms with Crippen LogP contribution < -0.4 is 5.32 Å². The Morgan fingerprint density at radius 1 is 1.21 bits per heavy atom. The molecule has 74 valence electrons. The third kappa shape index (κ3) is 3.81. The van der Waals surface area contributed by atoms with Crippen molar-refractivity contribution >= 4 is 5.69 Å². The zero-order chi connectivity index (χ0) is 10.2. The Kier molecular flexibility index (Phi) is 4.36. The molecule has 1 aromatic rings. The van der Waals surface area contributed by atoms with Gasteiger partial charge in [-0.2, -0.15) is 5.26 Å².